The molecule has 1 fully saturated rings. The monoisotopic (exact) mass is 471 g/mol. The highest BCUT2D eigenvalue weighted by Crippen LogP contribution is 2.43. The Bertz CT molecular complexity index is 1210. The first-order valence-electron chi connectivity index (χ1n) is 10.8. The minimum Gasteiger partial charge on any atom is -0.494 e. The van der Waals surface area contributed by atoms with Crippen LogP contribution in [0.2, 0.25) is 0 Å². The number of aromatic nitrogens is 2. The Morgan fingerprint density at radius 3 is 2.53 bits per heavy atom. The zero-order valence-corrected chi connectivity index (χ0v) is 19.1. The van der Waals surface area contributed by atoms with E-state index in [0.717, 1.165) is 25.0 Å². The first-order valence-corrected chi connectivity index (χ1v) is 10.8. The van der Waals surface area contributed by atoms with Gasteiger partial charge in [0.2, 0.25) is 0 Å². The number of methoxy groups -OCH3 is 1. The van der Waals surface area contributed by atoms with Crippen molar-refractivity contribution in [2.45, 2.75) is 25.4 Å². The normalized spacial score (nSPS) is 15.8. The molecule has 6 nitrogen and oxygen atoms in total. The second-order valence-corrected chi connectivity index (χ2v) is 8.15. The summed E-state index contributed by atoms with van der Waals surface area (Å²) in [6.45, 7) is 0.396. The number of carbonyl (C=O) groups is 1. The van der Waals surface area contributed by atoms with Crippen LogP contribution in [-0.2, 0) is 4.74 Å². The van der Waals surface area contributed by atoms with Gasteiger partial charge < -0.3 is 14.4 Å². The van der Waals surface area contributed by atoms with Crippen LogP contribution < -0.4 is 4.74 Å². The number of hydrogen-bond donors (Lipinski definition) is 0. The van der Waals surface area contributed by atoms with E-state index in [9.17, 15) is 9.18 Å². The van der Waals surface area contributed by atoms with E-state index < -0.39 is 40.7 Å². The molecule has 0 spiro atoms. The number of carbonyl (C=O) groups excluding carboxylic acids is 1. The van der Waals surface area contributed by atoms with Crippen LogP contribution >= 0.6 is 0 Å². The Morgan fingerprint density at radius 2 is 1.91 bits per heavy atom. The van der Waals surface area contributed by atoms with Gasteiger partial charge in [-0.2, -0.15) is 0 Å². The smallest absolute Gasteiger partial charge is 0.272 e. The maximum Gasteiger partial charge on any atom is 0.272 e. The third-order valence-corrected chi connectivity index (χ3v) is 5.75. The van der Waals surface area contributed by atoms with E-state index in [-0.39, 0.29) is 22.6 Å². The van der Waals surface area contributed by atoms with Gasteiger partial charge in [0.1, 0.15) is 17.2 Å². The molecule has 34 heavy (non-hydrogen) atoms. The highest BCUT2D eigenvalue weighted by Gasteiger charge is 2.34. The van der Waals surface area contributed by atoms with Gasteiger partial charge in [-0.3, -0.25) is 9.78 Å². The summed E-state index contributed by atoms with van der Waals surface area (Å²) in [6.07, 6.45) is 4.37. The zero-order chi connectivity index (χ0) is 24.4. The summed E-state index contributed by atoms with van der Waals surface area (Å²) in [4.78, 5) is 22.8. The topological polar surface area (TPSA) is 64.5 Å². The van der Waals surface area contributed by atoms with E-state index in [0.29, 0.717) is 18.6 Å². The van der Waals surface area contributed by atoms with Crippen LogP contribution in [0.3, 0.4) is 0 Å². The van der Waals surface area contributed by atoms with Gasteiger partial charge in [-0.15, -0.1) is 0 Å². The van der Waals surface area contributed by atoms with E-state index in [1.54, 1.807) is 18.3 Å². The third-order valence-electron chi connectivity index (χ3n) is 5.75. The van der Waals surface area contributed by atoms with Crippen LogP contribution in [0.5, 0.6) is 5.75 Å². The molecule has 1 aliphatic heterocycles. The lowest BCUT2D eigenvalue weighted by molar-refractivity contribution is 0.0131. The standard InChI is InChI=1S/C25H24F3N3O3/c1-31(2)25(32)24-18(14-7-6-11-29-13-14)20(16-8-4-5-12-34-16)22(28)23(30-24)19-15(26)9-10-17(33-3)21(19)27/h6-7,9-11,13,16H,4-5,8,12H2,1-3H3. The minimum atomic E-state index is -1.11. The van der Waals surface area contributed by atoms with E-state index in [1.807, 2.05) is 0 Å². The minimum absolute atomic E-state index is 0.0320. The molecule has 1 aromatic carbocycles. The average molecular weight is 471 g/mol. The molecule has 0 bridgehead atoms. The number of amides is 1. The van der Waals surface area contributed by atoms with E-state index >= 15 is 8.78 Å². The molecule has 178 valence electrons. The summed E-state index contributed by atoms with van der Waals surface area (Å²) in [5.41, 5.74) is -0.801. The van der Waals surface area contributed by atoms with Gasteiger partial charge in [0.05, 0.1) is 18.8 Å². The van der Waals surface area contributed by atoms with Crippen LogP contribution in [0.4, 0.5) is 13.2 Å². The lowest BCUT2D eigenvalue weighted by Gasteiger charge is -2.28. The van der Waals surface area contributed by atoms with Crippen LogP contribution in [0.1, 0.15) is 41.4 Å². The lowest BCUT2D eigenvalue weighted by Crippen LogP contribution is -2.26. The number of benzene rings is 1. The number of ether oxygens (including phenoxy) is 2. The molecule has 1 aliphatic rings. The summed E-state index contributed by atoms with van der Waals surface area (Å²) in [5, 5.41) is 0. The summed E-state index contributed by atoms with van der Waals surface area (Å²) >= 11 is 0. The molecule has 3 heterocycles. The largest absolute Gasteiger partial charge is 0.494 e. The molecular formula is C25H24F3N3O3. The van der Waals surface area contributed by atoms with E-state index in [2.05, 4.69) is 9.97 Å². The van der Waals surface area contributed by atoms with Crippen molar-refractivity contribution in [3.8, 4) is 28.1 Å². The quantitative estimate of drug-likeness (QED) is 0.513. The number of hydrogen-bond acceptors (Lipinski definition) is 5. The summed E-state index contributed by atoms with van der Waals surface area (Å²) in [6, 6.07) is 5.40. The Kier molecular flexibility index (Phi) is 6.83. The zero-order valence-electron chi connectivity index (χ0n) is 19.1. The summed E-state index contributed by atoms with van der Waals surface area (Å²) in [7, 11) is 4.25. The molecular weight excluding hydrogens is 447 g/mol. The van der Waals surface area contributed by atoms with Crippen molar-refractivity contribution in [1.29, 1.82) is 0 Å². The van der Waals surface area contributed by atoms with Crippen LogP contribution in [0.15, 0.2) is 36.7 Å². The number of halogens is 3. The molecule has 1 saturated heterocycles. The molecule has 3 aromatic rings. The second-order valence-electron chi connectivity index (χ2n) is 8.15. The highest BCUT2D eigenvalue weighted by atomic mass is 19.1. The Balaban J connectivity index is 2.12. The van der Waals surface area contributed by atoms with E-state index in [4.69, 9.17) is 9.47 Å². The molecule has 9 heteroatoms. The number of pyridine rings is 2. The molecule has 0 aliphatic carbocycles. The van der Waals surface area contributed by atoms with Gasteiger partial charge >= 0.3 is 0 Å². The van der Waals surface area contributed by atoms with Gasteiger partial charge in [0.15, 0.2) is 17.4 Å². The molecule has 2 aromatic heterocycles. The van der Waals surface area contributed by atoms with E-state index in [1.165, 1.54) is 32.3 Å². The predicted octanol–water partition coefficient (Wildman–Crippen LogP) is 5.18. The summed E-state index contributed by atoms with van der Waals surface area (Å²) < 4.78 is 57.2. The van der Waals surface area contributed by atoms with Gasteiger partial charge in [0, 0.05) is 49.8 Å². The van der Waals surface area contributed by atoms with Gasteiger partial charge in [-0.05, 0) is 37.5 Å². The first kappa shape index (κ1) is 23.7. The van der Waals surface area contributed by atoms with Crippen molar-refractivity contribution in [3.63, 3.8) is 0 Å². The van der Waals surface area contributed by atoms with Crippen molar-refractivity contribution < 1.29 is 27.4 Å². The number of rotatable bonds is 5. The third kappa shape index (κ3) is 4.23. The fourth-order valence-electron chi connectivity index (χ4n) is 4.10. The fourth-order valence-corrected chi connectivity index (χ4v) is 4.10. The first-order chi connectivity index (χ1) is 16.3. The molecule has 0 saturated carbocycles. The van der Waals surface area contributed by atoms with Gasteiger partial charge in [-0.1, -0.05) is 6.07 Å². The average Bonchev–Trinajstić information content (AvgIpc) is 2.85. The summed E-state index contributed by atoms with van der Waals surface area (Å²) in [5.74, 6) is -3.92. The maximum atomic E-state index is 16.3. The Morgan fingerprint density at radius 1 is 1.12 bits per heavy atom. The van der Waals surface area contributed by atoms with Crippen molar-refractivity contribution in [3.05, 3.63) is 65.4 Å². The van der Waals surface area contributed by atoms with Crippen LogP contribution in [0.25, 0.3) is 22.4 Å². The molecule has 0 radical (unpaired) electrons. The number of nitrogens with zero attached hydrogens (tertiary/aromatic N) is 3. The molecule has 1 amide bonds. The van der Waals surface area contributed by atoms with Crippen LogP contribution in [-0.4, -0.2) is 48.6 Å². The van der Waals surface area contributed by atoms with Gasteiger partial charge in [-0.25, -0.2) is 18.2 Å². The second kappa shape index (κ2) is 9.80. The Hall–Kier alpha value is -3.46. The van der Waals surface area contributed by atoms with Crippen molar-refractivity contribution >= 4 is 5.91 Å². The van der Waals surface area contributed by atoms with Crippen LogP contribution in [0, 0.1) is 17.5 Å². The van der Waals surface area contributed by atoms with Crippen molar-refractivity contribution in [1.82, 2.24) is 14.9 Å². The molecule has 1 unspecified atom stereocenters. The maximum absolute atomic E-state index is 16.3. The molecule has 0 N–H and O–H groups in total. The van der Waals surface area contributed by atoms with Gasteiger partial charge in [0.25, 0.3) is 5.91 Å². The molecule has 1 atom stereocenters. The van der Waals surface area contributed by atoms with Crippen molar-refractivity contribution in [2.24, 2.45) is 0 Å². The molecule has 4 rings (SSSR count). The lowest BCUT2D eigenvalue weighted by atomic mass is 9.89. The van der Waals surface area contributed by atoms with Crippen molar-refractivity contribution in [2.75, 3.05) is 27.8 Å². The SMILES string of the molecule is COc1ccc(F)c(-c2nc(C(=O)N(C)C)c(-c3cccnc3)c(C3CCCCO3)c2F)c1F. The predicted molar refractivity (Wildman–Crippen MR) is 120 cm³/mol. The highest BCUT2D eigenvalue weighted by molar-refractivity contribution is 6.00. The fraction of sp³-hybridized carbons (Fsp3) is 0.320. The Labute approximate surface area is 195 Å².